The summed E-state index contributed by atoms with van der Waals surface area (Å²) in [5.41, 5.74) is 0.979. The number of esters is 1. The Labute approximate surface area is 150 Å². The van der Waals surface area contributed by atoms with Crippen LogP contribution in [0.4, 0.5) is 4.39 Å². The highest BCUT2D eigenvalue weighted by Gasteiger charge is 2.16. The van der Waals surface area contributed by atoms with Gasteiger partial charge in [0.25, 0.3) is 0 Å². The van der Waals surface area contributed by atoms with Gasteiger partial charge in [0.2, 0.25) is 5.78 Å². The Hall–Kier alpha value is -3.09. The molecule has 6 nitrogen and oxygen atoms in total. The molecule has 0 N–H and O–H groups in total. The van der Waals surface area contributed by atoms with Crippen molar-refractivity contribution in [1.29, 1.82) is 0 Å². The average Bonchev–Trinajstić information content (AvgIpc) is 2.64. The molecule has 0 saturated heterocycles. The minimum atomic E-state index is -0.739. The van der Waals surface area contributed by atoms with Crippen LogP contribution in [-0.2, 0) is 9.53 Å². The molecule has 0 aliphatic carbocycles. The third-order valence-corrected chi connectivity index (χ3v) is 3.49. The van der Waals surface area contributed by atoms with Gasteiger partial charge in [-0.25, -0.2) is 9.18 Å². The van der Waals surface area contributed by atoms with Crippen LogP contribution in [-0.4, -0.2) is 39.2 Å². The molecule has 0 aromatic heterocycles. The number of hydrogen-bond acceptors (Lipinski definition) is 6. The van der Waals surface area contributed by atoms with Gasteiger partial charge in [-0.2, -0.15) is 0 Å². The van der Waals surface area contributed by atoms with Crippen LogP contribution in [0.5, 0.6) is 17.2 Å². The Kier molecular flexibility index (Phi) is 6.54. The van der Waals surface area contributed by atoms with Crippen LogP contribution in [0.25, 0.3) is 0 Å². The minimum absolute atomic E-state index is 0.00132. The van der Waals surface area contributed by atoms with Crippen molar-refractivity contribution in [2.24, 2.45) is 0 Å². The molecule has 2 aromatic rings. The maximum absolute atomic E-state index is 13.3. The fraction of sp³-hybridized carbons (Fsp3) is 0.263. The van der Waals surface area contributed by atoms with Crippen LogP contribution in [0.2, 0.25) is 0 Å². The summed E-state index contributed by atoms with van der Waals surface area (Å²) in [6.45, 7) is 0.951. The lowest BCUT2D eigenvalue weighted by Crippen LogP contribution is -2.20. The normalized spacial score (nSPS) is 10.2. The first kappa shape index (κ1) is 19.2. The second kappa shape index (κ2) is 8.84. The van der Waals surface area contributed by atoms with Gasteiger partial charge in [-0.1, -0.05) is 6.07 Å². The molecule has 26 heavy (non-hydrogen) atoms. The Morgan fingerprint density at radius 1 is 0.923 bits per heavy atom. The number of hydrogen-bond donors (Lipinski definition) is 0. The van der Waals surface area contributed by atoms with E-state index >= 15 is 0 Å². The topological polar surface area (TPSA) is 71.1 Å². The summed E-state index contributed by atoms with van der Waals surface area (Å²) in [6.07, 6.45) is 0. The van der Waals surface area contributed by atoms with Gasteiger partial charge >= 0.3 is 5.97 Å². The van der Waals surface area contributed by atoms with Crippen molar-refractivity contribution >= 4 is 11.8 Å². The Morgan fingerprint density at radius 2 is 1.62 bits per heavy atom. The highest BCUT2D eigenvalue weighted by molar-refractivity contribution is 6.00. The number of rotatable bonds is 8. The first-order valence-corrected chi connectivity index (χ1v) is 7.74. The van der Waals surface area contributed by atoms with Crippen molar-refractivity contribution in [3.8, 4) is 17.2 Å². The highest BCUT2D eigenvalue weighted by Crippen LogP contribution is 2.27. The predicted molar refractivity (Wildman–Crippen MR) is 91.5 cm³/mol. The Bertz CT molecular complexity index is 803. The van der Waals surface area contributed by atoms with E-state index in [0.717, 1.165) is 11.6 Å². The third kappa shape index (κ3) is 4.95. The lowest BCUT2D eigenvalue weighted by molar-refractivity contribution is -0.144. The average molecular weight is 362 g/mol. The number of carbonyl (C=O) groups excluding carboxylic acids is 2. The largest absolute Gasteiger partial charge is 0.496 e. The van der Waals surface area contributed by atoms with E-state index in [2.05, 4.69) is 0 Å². The van der Waals surface area contributed by atoms with E-state index in [1.165, 1.54) is 26.4 Å². The number of methoxy groups -OCH3 is 2. The highest BCUT2D eigenvalue weighted by atomic mass is 19.1. The zero-order chi connectivity index (χ0) is 19.1. The fourth-order valence-electron chi connectivity index (χ4n) is 2.19. The van der Waals surface area contributed by atoms with Gasteiger partial charge in [-0.15, -0.1) is 0 Å². The van der Waals surface area contributed by atoms with E-state index in [0.29, 0.717) is 11.5 Å². The molecule has 0 bridgehead atoms. The van der Waals surface area contributed by atoms with E-state index < -0.39 is 30.8 Å². The van der Waals surface area contributed by atoms with Gasteiger partial charge in [0.1, 0.15) is 11.6 Å². The molecule has 0 heterocycles. The van der Waals surface area contributed by atoms with Gasteiger partial charge in [-0.3, -0.25) is 4.79 Å². The molecule has 0 saturated carbocycles. The first-order chi connectivity index (χ1) is 12.4. The Morgan fingerprint density at radius 3 is 2.31 bits per heavy atom. The second-order valence-corrected chi connectivity index (χ2v) is 5.37. The van der Waals surface area contributed by atoms with Gasteiger partial charge in [0.05, 0.1) is 19.8 Å². The van der Waals surface area contributed by atoms with Gasteiger partial charge in [0, 0.05) is 0 Å². The van der Waals surface area contributed by atoms with Crippen molar-refractivity contribution < 1.29 is 32.9 Å². The summed E-state index contributed by atoms with van der Waals surface area (Å²) >= 11 is 0. The third-order valence-electron chi connectivity index (χ3n) is 3.49. The lowest BCUT2D eigenvalue weighted by Gasteiger charge is -2.11. The molecule has 0 amide bonds. The molecule has 7 heteroatoms. The van der Waals surface area contributed by atoms with Crippen LogP contribution in [0.15, 0.2) is 36.4 Å². The van der Waals surface area contributed by atoms with Crippen molar-refractivity contribution in [2.75, 3.05) is 27.4 Å². The van der Waals surface area contributed by atoms with E-state index in [9.17, 15) is 14.0 Å². The second-order valence-electron chi connectivity index (χ2n) is 5.37. The van der Waals surface area contributed by atoms with Crippen LogP contribution >= 0.6 is 0 Å². The maximum Gasteiger partial charge on any atom is 0.344 e. The van der Waals surface area contributed by atoms with Gasteiger partial charge in [0.15, 0.2) is 24.7 Å². The number of halogens is 1. The van der Waals surface area contributed by atoms with E-state index in [-0.39, 0.29) is 11.3 Å². The lowest BCUT2D eigenvalue weighted by atomic mass is 10.1. The number of ketones is 1. The molecule has 0 fully saturated rings. The summed E-state index contributed by atoms with van der Waals surface area (Å²) in [7, 11) is 2.85. The zero-order valence-corrected chi connectivity index (χ0v) is 14.7. The molecule has 2 rings (SSSR count). The van der Waals surface area contributed by atoms with E-state index in [1.807, 2.05) is 13.0 Å². The first-order valence-electron chi connectivity index (χ1n) is 7.74. The van der Waals surface area contributed by atoms with Crippen LogP contribution in [0, 0.1) is 12.7 Å². The van der Waals surface area contributed by atoms with E-state index in [1.54, 1.807) is 12.1 Å². The molecule has 2 aromatic carbocycles. The SMILES string of the molecule is COc1cc(C)ccc1OCC(=O)OCC(=O)c1cc(F)ccc1OC. The Balaban J connectivity index is 1.91. The molecular weight excluding hydrogens is 343 g/mol. The predicted octanol–water partition coefficient (Wildman–Crippen LogP) is 2.96. The van der Waals surface area contributed by atoms with Crippen molar-refractivity contribution in [3.05, 3.63) is 53.3 Å². The monoisotopic (exact) mass is 362 g/mol. The van der Waals surface area contributed by atoms with Gasteiger partial charge in [-0.05, 0) is 42.8 Å². The molecule has 0 unspecified atom stereocenters. The summed E-state index contributed by atoms with van der Waals surface area (Å²) < 4.78 is 33.7. The smallest absolute Gasteiger partial charge is 0.344 e. The van der Waals surface area contributed by atoms with Crippen LogP contribution in [0.1, 0.15) is 15.9 Å². The van der Waals surface area contributed by atoms with Gasteiger partial charge < -0.3 is 18.9 Å². The van der Waals surface area contributed by atoms with Crippen molar-refractivity contribution in [3.63, 3.8) is 0 Å². The maximum atomic E-state index is 13.3. The van der Waals surface area contributed by atoms with Crippen molar-refractivity contribution in [1.82, 2.24) is 0 Å². The van der Waals surface area contributed by atoms with Crippen LogP contribution in [0.3, 0.4) is 0 Å². The van der Waals surface area contributed by atoms with Crippen LogP contribution < -0.4 is 14.2 Å². The number of carbonyl (C=O) groups is 2. The number of benzene rings is 2. The fourth-order valence-corrected chi connectivity index (χ4v) is 2.19. The standard InChI is InChI=1S/C19H19FO6/c1-12-4-6-17(18(8-12)24-3)25-11-19(22)26-10-15(21)14-9-13(20)5-7-16(14)23-2/h4-9H,10-11H2,1-3H3. The molecule has 0 aliphatic rings. The molecule has 0 spiro atoms. The quantitative estimate of drug-likeness (QED) is 0.531. The number of ether oxygens (including phenoxy) is 4. The molecule has 0 aliphatic heterocycles. The molecular formula is C19H19FO6. The number of aryl methyl sites for hydroxylation is 1. The molecule has 0 atom stereocenters. The zero-order valence-electron chi connectivity index (χ0n) is 14.7. The molecule has 138 valence electrons. The summed E-state index contributed by atoms with van der Waals surface area (Å²) in [5.74, 6) is -0.839. The summed E-state index contributed by atoms with van der Waals surface area (Å²) in [4.78, 5) is 23.9. The summed E-state index contributed by atoms with van der Waals surface area (Å²) in [5, 5.41) is 0. The number of Topliss-reactive ketones (excluding diaryl/α,β-unsaturated/α-hetero) is 1. The van der Waals surface area contributed by atoms with E-state index in [4.69, 9.17) is 18.9 Å². The minimum Gasteiger partial charge on any atom is -0.496 e. The summed E-state index contributed by atoms with van der Waals surface area (Å²) in [6, 6.07) is 8.78. The van der Waals surface area contributed by atoms with Crippen molar-refractivity contribution in [2.45, 2.75) is 6.92 Å². The molecule has 0 radical (unpaired) electrons.